The first-order valence-electron chi connectivity index (χ1n) is 8.03. The van der Waals surface area contributed by atoms with Crippen molar-refractivity contribution in [3.8, 4) is 0 Å². The maximum absolute atomic E-state index is 12.5. The highest BCUT2D eigenvalue weighted by molar-refractivity contribution is 7.92. The van der Waals surface area contributed by atoms with Crippen molar-refractivity contribution in [2.45, 2.75) is 33.7 Å². The van der Waals surface area contributed by atoms with Crippen LogP contribution in [-0.2, 0) is 10.0 Å². The van der Waals surface area contributed by atoms with Crippen molar-refractivity contribution in [1.29, 1.82) is 0 Å². The summed E-state index contributed by atoms with van der Waals surface area (Å²) in [6, 6.07) is 10.9. The SMILES string of the molecule is Cc1ccc(C)c([C@H](C)NC(=O)c2ccc(NS(C)(=O)=O)c(C)c2)c1. The molecule has 5 nitrogen and oxygen atoms in total. The molecule has 25 heavy (non-hydrogen) atoms. The molecular weight excluding hydrogens is 336 g/mol. The molecule has 2 rings (SSSR count). The van der Waals surface area contributed by atoms with Gasteiger partial charge in [0.05, 0.1) is 18.0 Å². The monoisotopic (exact) mass is 360 g/mol. The fourth-order valence-corrected chi connectivity index (χ4v) is 3.33. The van der Waals surface area contributed by atoms with Crippen LogP contribution in [0.1, 0.15) is 45.6 Å². The van der Waals surface area contributed by atoms with Crippen molar-refractivity contribution in [1.82, 2.24) is 5.32 Å². The largest absolute Gasteiger partial charge is 0.346 e. The Morgan fingerprint density at radius 3 is 2.28 bits per heavy atom. The summed E-state index contributed by atoms with van der Waals surface area (Å²) >= 11 is 0. The Hall–Kier alpha value is -2.34. The molecule has 0 aliphatic heterocycles. The molecule has 0 aliphatic rings. The van der Waals surface area contributed by atoms with Crippen LogP contribution in [0, 0.1) is 20.8 Å². The highest BCUT2D eigenvalue weighted by Gasteiger charge is 2.15. The maximum Gasteiger partial charge on any atom is 0.251 e. The predicted molar refractivity (Wildman–Crippen MR) is 101 cm³/mol. The Morgan fingerprint density at radius 1 is 1.00 bits per heavy atom. The molecule has 0 spiro atoms. The Labute approximate surface area is 149 Å². The minimum Gasteiger partial charge on any atom is -0.346 e. The summed E-state index contributed by atoms with van der Waals surface area (Å²) in [5, 5.41) is 3.00. The van der Waals surface area contributed by atoms with E-state index in [4.69, 9.17) is 0 Å². The molecule has 134 valence electrons. The molecule has 0 fully saturated rings. The van der Waals surface area contributed by atoms with Gasteiger partial charge >= 0.3 is 0 Å². The minimum atomic E-state index is -3.35. The second-order valence-electron chi connectivity index (χ2n) is 6.46. The molecule has 6 heteroatoms. The molecule has 0 heterocycles. The summed E-state index contributed by atoms with van der Waals surface area (Å²) < 4.78 is 25.1. The van der Waals surface area contributed by atoms with E-state index in [0.717, 1.165) is 22.9 Å². The topological polar surface area (TPSA) is 75.3 Å². The Kier molecular flexibility index (Phi) is 5.52. The second-order valence-corrected chi connectivity index (χ2v) is 8.21. The smallest absolute Gasteiger partial charge is 0.251 e. The lowest BCUT2D eigenvalue weighted by Gasteiger charge is -2.18. The zero-order chi connectivity index (χ0) is 18.8. The number of sulfonamides is 1. The molecule has 0 bridgehead atoms. The molecule has 0 aromatic heterocycles. The first-order valence-corrected chi connectivity index (χ1v) is 9.92. The number of hydrogen-bond donors (Lipinski definition) is 2. The fraction of sp³-hybridized carbons (Fsp3) is 0.316. The van der Waals surface area contributed by atoms with Gasteiger partial charge in [0, 0.05) is 5.56 Å². The predicted octanol–water partition coefficient (Wildman–Crippen LogP) is 3.47. The number of benzene rings is 2. The third kappa shape index (κ3) is 5.06. The van der Waals surface area contributed by atoms with Gasteiger partial charge < -0.3 is 5.32 Å². The number of anilines is 1. The number of hydrogen-bond acceptors (Lipinski definition) is 3. The van der Waals surface area contributed by atoms with Crippen molar-refractivity contribution in [2.75, 3.05) is 11.0 Å². The third-order valence-corrected chi connectivity index (χ3v) is 4.62. The molecule has 1 atom stereocenters. The molecule has 2 N–H and O–H groups in total. The number of amides is 1. The van der Waals surface area contributed by atoms with E-state index in [1.54, 1.807) is 25.1 Å². The average molecular weight is 360 g/mol. The van der Waals surface area contributed by atoms with Crippen LogP contribution in [0.3, 0.4) is 0 Å². The third-order valence-electron chi connectivity index (χ3n) is 4.03. The van der Waals surface area contributed by atoms with Gasteiger partial charge in [0.2, 0.25) is 10.0 Å². The van der Waals surface area contributed by atoms with Gasteiger partial charge in [0.25, 0.3) is 5.91 Å². The zero-order valence-corrected chi connectivity index (χ0v) is 16.0. The van der Waals surface area contributed by atoms with E-state index in [1.165, 1.54) is 0 Å². The van der Waals surface area contributed by atoms with Gasteiger partial charge in [-0.15, -0.1) is 0 Å². The van der Waals surface area contributed by atoms with Gasteiger partial charge in [-0.25, -0.2) is 8.42 Å². The average Bonchev–Trinajstić information content (AvgIpc) is 2.50. The molecule has 0 unspecified atom stereocenters. The number of nitrogens with one attached hydrogen (secondary N) is 2. The van der Waals surface area contributed by atoms with E-state index < -0.39 is 10.0 Å². The highest BCUT2D eigenvalue weighted by Crippen LogP contribution is 2.21. The fourth-order valence-electron chi connectivity index (χ4n) is 2.70. The van der Waals surface area contributed by atoms with Crippen LogP contribution in [0.25, 0.3) is 0 Å². The van der Waals surface area contributed by atoms with E-state index in [-0.39, 0.29) is 11.9 Å². The van der Waals surface area contributed by atoms with Gasteiger partial charge in [-0.3, -0.25) is 9.52 Å². The summed E-state index contributed by atoms with van der Waals surface area (Å²) in [7, 11) is -3.35. The summed E-state index contributed by atoms with van der Waals surface area (Å²) in [4.78, 5) is 12.5. The lowest BCUT2D eigenvalue weighted by atomic mass is 9.99. The molecule has 1 amide bonds. The van der Waals surface area contributed by atoms with E-state index in [1.807, 2.05) is 32.9 Å². The molecule has 0 saturated carbocycles. The Bertz CT molecular complexity index is 905. The van der Waals surface area contributed by atoms with Crippen molar-refractivity contribution in [2.24, 2.45) is 0 Å². The number of carbonyl (C=O) groups is 1. The van der Waals surface area contributed by atoms with Crippen LogP contribution in [0.4, 0.5) is 5.69 Å². The molecular formula is C19H24N2O3S. The number of aryl methyl sites for hydroxylation is 3. The van der Waals surface area contributed by atoms with Gasteiger partial charge in [-0.2, -0.15) is 0 Å². The molecule has 2 aromatic carbocycles. The normalized spacial score (nSPS) is 12.5. The highest BCUT2D eigenvalue weighted by atomic mass is 32.2. The quantitative estimate of drug-likeness (QED) is 0.857. The van der Waals surface area contributed by atoms with Crippen molar-refractivity contribution in [3.63, 3.8) is 0 Å². The summed E-state index contributed by atoms with van der Waals surface area (Å²) in [5.74, 6) is -0.192. The second kappa shape index (κ2) is 7.27. The van der Waals surface area contributed by atoms with Gasteiger partial charge in [-0.05, 0) is 62.6 Å². The summed E-state index contributed by atoms with van der Waals surface area (Å²) in [5.41, 5.74) is 5.02. The summed E-state index contributed by atoms with van der Waals surface area (Å²) in [6.45, 7) is 7.76. The van der Waals surface area contributed by atoms with Gasteiger partial charge in [0.15, 0.2) is 0 Å². The van der Waals surface area contributed by atoms with E-state index in [9.17, 15) is 13.2 Å². The van der Waals surface area contributed by atoms with Gasteiger partial charge in [0.1, 0.15) is 0 Å². The van der Waals surface area contributed by atoms with E-state index in [0.29, 0.717) is 16.8 Å². The Morgan fingerprint density at radius 2 is 1.68 bits per heavy atom. The van der Waals surface area contributed by atoms with Crippen molar-refractivity contribution < 1.29 is 13.2 Å². The van der Waals surface area contributed by atoms with Crippen molar-refractivity contribution >= 4 is 21.6 Å². The van der Waals surface area contributed by atoms with Crippen molar-refractivity contribution in [3.05, 3.63) is 64.2 Å². The van der Waals surface area contributed by atoms with Gasteiger partial charge in [-0.1, -0.05) is 23.8 Å². The van der Waals surface area contributed by atoms with E-state index in [2.05, 4.69) is 16.1 Å². The number of carbonyl (C=O) groups excluding carboxylic acids is 1. The molecule has 0 aliphatic carbocycles. The first-order chi connectivity index (χ1) is 11.6. The molecule has 0 radical (unpaired) electrons. The van der Waals surface area contributed by atoms with Crippen LogP contribution in [0.5, 0.6) is 0 Å². The zero-order valence-electron chi connectivity index (χ0n) is 15.2. The van der Waals surface area contributed by atoms with Crippen LogP contribution >= 0.6 is 0 Å². The van der Waals surface area contributed by atoms with Crippen LogP contribution in [-0.4, -0.2) is 20.6 Å². The minimum absolute atomic E-state index is 0.124. The van der Waals surface area contributed by atoms with Crippen LogP contribution in [0.2, 0.25) is 0 Å². The lowest BCUT2D eigenvalue weighted by Crippen LogP contribution is -2.27. The summed E-state index contributed by atoms with van der Waals surface area (Å²) in [6.07, 6.45) is 1.10. The molecule has 0 saturated heterocycles. The number of rotatable bonds is 5. The van der Waals surface area contributed by atoms with Crippen LogP contribution < -0.4 is 10.0 Å². The standard InChI is InChI=1S/C19H24N2O3S/c1-12-6-7-13(2)17(10-12)15(4)20-19(22)16-8-9-18(14(3)11-16)21-25(5,23)24/h6-11,15,21H,1-5H3,(H,20,22)/t15-/m0/s1. The first kappa shape index (κ1) is 19.0. The van der Waals surface area contributed by atoms with E-state index >= 15 is 0 Å². The maximum atomic E-state index is 12.5. The lowest BCUT2D eigenvalue weighted by molar-refractivity contribution is 0.0939. The molecule has 2 aromatic rings. The van der Waals surface area contributed by atoms with Crippen LogP contribution in [0.15, 0.2) is 36.4 Å². The Balaban J connectivity index is 2.18.